The Balaban J connectivity index is 2.43. The molecule has 0 saturated carbocycles. The largest absolute Gasteiger partial charge is 0.396 e. The fourth-order valence-electron chi connectivity index (χ4n) is 2.08. The van der Waals surface area contributed by atoms with Crippen LogP contribution < -0.4 is 5.32 Å². The maximum absolute atomic E-state index is 11.9. The fourth-order valence-corrected chi connectivity index (χ4v) is 2.08. The summed E-state index contributed by atoms with van der Waals surface area (Å²) in [4.78, 5) is 13.8. The summed E-state index contributed by atoms with van der Waals surface area (Å²) in [5.74, 6) is 0.269. The molecule has 1 rings (SSSR count). The van der Waals surface area contributed by atoms with Gasteiger partial charge >= 0.3 is 0 Å². The van der Waals surface area contributed by atoms with Crippen LogP contribution in [0.3, 0.4) is 0 Å². The van der Waals surface area contributed by atoms with E-state index in [1.54, 1.807) is 0 Å². The van der Waals surface area contributed by atoms with Crippen molar-refractivity contribution in [3.63, 3.8) is 0 Å². The van der Waals surface area contributed by atoms with Gasteiger partial charge in [0.25, 0.3) is 0 Å². The predicted octanol–water partition coefficient (Wildman–Crippen LogP) is 0.380. The van der Waals surface area contributed by atoms with E-state index in [-0.39, 0.29) is 30.5 Å². The summed E-state index contributed by atoms with van der Waals surface area (Å²) < 4.78 is 0. The number of amides is 1. The first-order valence-electron chi connectivity index (χ1n) is 5.84. The van der Waals surface area contributed by atoms with Crippen LogP contribution in [0.2, 0.25) is 0 Å². The average Bonchev–Trinajstić information content (AvgIpc) is 2.65. The molecule has 1 aliphatic carbocycles. The molecule has 4 nitrogen and oxygen atoms in total. The van der Waals surface area contributed by atoms with Crippen LogP contribution in [0.4, 0.5) is 0 Å². The second kappa shape index (κ2) is 6.01. The number of carbonyl (C=O) groups excluding carboxylic acids is 1. The highest BCUT2D eigenvalue weighted by molar-refractivity contribution is 5.82. The van der Waals surface area contributed by atoms with Crippen LogP contribution in [0, 0.1) is 5.92 Å². The Bertz CT molecular complexity index is 264. The molecule has 1 aliphatic rings. The lowest BCUT2D eigenvalue weighted by Gasteiger charge is -2.23. The minimum atomic E-state index is -0.0680. The molecule has 0 aromatic heterocycles. The molecule has 4 heteroatoms. The Labute approximate surface area is 97.3 Å². The number of aliphatic hydroxyl groups excluding tert-OH is 1. The number of nitrogens with zero attached hydrogens (tertiary/aromatic N) is 1. The zero-order valence-corrected chi connectivity index (χ0v) is 10.3. The fraction of sp³-hybridized carbons (Fsp3) is 0.750. The highest BCUT2D eigenvalue weighted by Gasteiger charge is 2.24. The Morgan fingerprint density at radius 2 is 2.25 bits per heavy atom. The Morgan fingerprint density at radius 1 is 1.56 bits per heavy atom. The van der Waals surface area contributed by atoms with Crippen molar-refractivity contribution in [2.75, 3.05) is 20.7 Å². The molecule has 0 spiro atoms. The first kappa shape index (κ1) is 13.2. The molecule has 0 aromatic rings. The second-order valence-electron chi connectivity index (χ2n) is 4.57. The van der Waals surface area contributed by atoms with Crippen LogP contribution in [0.15, 0.2) is 12.2 Å². The monoisotopic (exact) mass is 226 g/mol. The number of hydrogen-bond acceptors (Lipinski definition) is 3. The van der Waals surface area contributed by atoms with Crippen molar-refractivity contribution < 1.29 is 9.90 Å². The van der Waals surface area contributed by atoms with Gasteiger partial charge in [-0.05, 0) is 26.9 Å². The second-order valence-corrected chi connectivity index (χ2v) is 4.57. The molecule has 2 N–H and O–H groups in total. The standard InChI is InChI=1S/C12H22N2O2/c1-4-11(14(2)3)12(16)13-10-6-5-9(7-10)8-15/h5-6,9-11,15H,4,7-8H2,1-3H3,(H,13,16)/t9-,10+,11?/m0/s1. The van der Waals surface area contributed by atoms with Crippen LogP contribution >= 0.6 is 0 Å². The van der Waals surface area contributed by atoms with E-state index >= 15 is 0 Å². The minimum absolute atomic E-state index is 0.0680. The van der Waals surface area contributed by atoms with Crippen LogP contribution in [-0.4, -0.2) is 48.7 Å². The molecule has 3 atom stereocenters. The summed E-state index contributed by atoms with van der Waals surface area (Å²) >= 11 is 0. The molecule has 16 heavy (non-hydrogen) atoms. The number of carbonyl (C=O) groups is 1. The van der Waals surface area contributed by atoms with Gasteiger partial charge in [-0.1, -0.05) is 19.1 Å². The summed E-state index contributed by atoms with van der Waals surface area (Å²) in [7, 11) is 3.82. The Kier molecular flexibility index (Phi) is 4.96. The van der Waals surface area contributed by atoms with Gasteiger partial charge in [-0.15, -0.1) is 0 Å². The maximum Gasteiger partial charge on any atom is 0.237 e. The molecule has 0 radical (unpaired) electrons. The highest BCUT2D eigenvalue weighted by Crippen LogP contribution is 2.17. The van der Waals surface area contributed by atoms with Crippen molar-refractivity contribution in [2.24, 2.45) is 5.92 Å². The maximum atomic E-state index is 11.9. The zero-order chi connectivity index (χ0) is 12.1. The Hall–Kier alpha value is -0.870. The third kappa shape index (κ3) is 3.32. The van der Waals surface area contributed by atoms with Gasteiger partial charge in [-0.25, -0.2) is 0 Å². The summed E-state index contributed by atoms with van der Waals surface area (Å²) in [5, 5.41) is 12.0. The van der Waals surface area contributed by atoms with Crippen molar-refractivity contribution in [3.8, 4) is 0 Å². The highest BCUT2D eigenvalue weighted by atomic mass is 16.3. The van der Waals surface area contributed by atoms with E-state index in [1.165, 1.54) is 0 Å². The molecule has 0 saturated heterocycles. The normalized spacial score (nSPS) is 26.1. The predicted molar refractivity (Wildman–Crippen MR) is 64.0 cm³/mol. The molecule has 0 heterocycles. The Morgan fingerprint density at radius 3 is 2.69 bits per heavy atom. The van der Waals surface area contributed by atoms with Crippen LogP contribution in [0.1, 0.15) is 19.8 Å². The van der Waals surface area contributed by atoms with Gasteiger partial charge < -0.3 is 10.4 Å². The van der Waals surface area contributed by atoms with E-state index in [0.29, 0.717) is 0 Å². The van der Waals surface area contributed by atoms with Gasteiger partial charge in [-0.3, -0.25) is 9.69 Å². The lowest BCUT2D eigenvalue weighted by atomic mass is 10.1. The molecule has 1 amide bonds. The van der Waals surface area contributed by atoms with E-state index in [2.05, 4.69) is 5.32 Å². The smallest absolute Gasteiger partial charge is 0.237 e. The van der Waals surface area contributed by atoms with Gasteiger partial charge in [0.1, 0.15) is 0 Å². The van der Waals surface area contributed by atoms with Crippen LogP contribution in [-0.2, 0) is 4.79 Å². The summed E-state index contributed by atoms with van der Waals surface area (Å²) in [6.07, 6.45) is 5.56. The summed E-state index contributed by atoms with van der Waals surface area (Å²) in [6.45, 7) is 2.17. The molecule has 92 valence electrons. The SMILES string of the molecule is CCC(C(=O)N[C@@H]1C=C[C@H](CO)C1)N(C)C. The van der Waals surface area contributed by atoms with E-state index in [4.69, 9.17) is 5.11 Å². The average molecular weight is 226 g/mol. The first-order valence-corrected chi connectivity index (χ1v) is 5.84. The van der Waals surface area contributed by atoms with E-state index in [9.17, 15) is 4.79 Å². The van der Waals surface area contributed by atoms with Gasteiger partial charge in [0.05, 0.1) is 6.04 Å². The van der Waals surface area contributed by atoms with E-state index in [0.717, 1.165) is 12.8 Å². The van der Waals surface area contributed by atoms with Gasteiger partial charge in [-0.2, -0.15) is 0 Å². The minimum Gasteiger partial charge on any atom is -0.396 e. The number of nitrogens with one attached hydrogen (secondary N) is 1. The van der Waals surface area contributed by atoms with E-state index < -0.39 is 0 Å². The molecule has 0 bridgehead atoms. The molecule has 0 aliphatic heterocycles. The summed E-state index contributed by atoms with van der Waals surface area (Å²) in [6, 6.07) is 0.0141. The number of aliphatic hydroxyl groups is 1. The number of rotatable bonds is 5. The quantitative estimate of drug-likeness (QED) is 0.666. The van der Waals surface area contributed by atoms with Gasteiger partial charge in [0.15, 0.2) is 0 Å². The zero-order valence-electron chi connectivity index (χ0n) is 10.3. The van der Waals surface area contributed by atoms with Crippen molar-refractivity contribution in [3.05, 3.63) is 12.2 Å². The third-order valence-corrected chi connectivity index (χ3v) is 3.05. The molecule has 0 aromatic carbocycles. The van der Waals surface area contributed by atoms with Crippen LogP contribution in [0.5, 0.6) is 0 Å². The first-order chi connectivity index (χ1) is 7.58. The number of hydrogen-bond donors (Lipinski definition) is 2. The third-order valence-electron chi connectivity index (χ3n) is 3.05. The van der Waals surface area contributed by atoms with Gasteiger partial charge in [0, 0.05) is 18.6 Å². The molecular formula is C12H22N2O2. The molecular weight excluding hydrogens is 204 g/mol. The topological polar surface area (TPSA) is 52.6 Å². The van der Waals surface area contributed by atoms with E-state index in [1.807, 2.05) is 38.1 Å². The van der Waals surface area contributed by atoms with Crippen molar-refractivity contribution >= 4 is 5.91 Å². The lowest BCUT2D eigenvalue weighted by molar-refractivity contribution is -0.126. The molecule has 1 unspecified atom stereocenters. The van der Waals surface area contributed by atoms with Crippen molar-refractivity contribution in [1.82, 2.24) is 10.2 Å². The van der Waals surface area contributed by atoms with Crippen molar-refractivity contribution in [1.29, 1.82) is 0 Å². The van der Waals surface area contributed by atoms with Gasteiger partial charge in [0.2, 0.25) is 5.91 Å². The number of likely N-dealkylation sites (N-methyl/N-ethyl adjacent to an activating group) is 1. The summed E-state index contributed by atoms with van der Waals surface area (Å²) in [5.41, 5.74) is 0. The van der Waals surface area contributed by atoms with Crippen molar-refractivity contribution in [2.45, 2.75) is 31.8 Å². The van der Waals surface area contributed by atoms with Crippen LogP contribution in [0.25, 0.3) is 0 Å². The lowest BCUT2D eigenvalue weighted by Crippen LogP contribution is -2.46. The molecule has 0 fully saturated rings.